The highest BCUT2D eigenvalue weighted by molar-refractivity contribution is 5.97. The molecule has 0 amide bonds. The lowest BCUT2D eigenvalue weighted by atomic mass is 9.97. The van der Waals surface area contributed by atoms with Crippen molar-refractivity contribution in [2.45, 2.75) is 32.6 Å². The van der Waals surface area contributed by atoms with Crippen molar-refractivity contribution in [3.63, 3.8) is 0 Å². The third-order valence-electron chi connectivity index (χ3n) is 1.91. The fourth-order valence-corrected chi connectivity index (χ4v) is 1.23. The molecule has 1 aliphatic rings. The van der Waals surface area contributed by atoms with Crippen LogP contribution in [0, 0.1) is 0 Å². The fraction of sp³-hybridized carbons (Fsp3) is 0.625. The predicted octanol–water partition coefficient (Wildman–Crippen LogP) is 2.34. The maximum Gasteiger partial charge on any atom is 0.0793 e. The Labute approximate surface area is 61.2 Å². The zero-order valence-electron chi connectivity index (χ0n) is 6.30. The molecular formula is C8H13NO. The summed E-state index contributed by atoms with van der Waals surface area (Å²) in [6.07, 6.45) is 6.90. The van der Waals surface area contributed by atoms with E-state index in [4.69, 9.17) is 5.21 Å². The van der Waals surface area contributed by atoms with Gasteiger partial charge in [-0.25, -0.2) is 0 Å². The summed E-state index contributed by atoms with van der Waals surface area (Å²) < 4.78 is 0. The lowest BCUT2D eigenvalue weighted by Crippen LogP contribution is -2.01. The van der Waals surface area contributed by atoms with Gasteiger partial charge in [-0.2, -0.15) is 0 Å². The van der Waals surface area contributed by atoms with Crippen LogP contribution < -0.4 is 0 Å². The number of allylic oxidation sites excluding steroid dienone is 2. The summed E-state index contributed by atoms with van der Waals surface area (Å²) in [5.74, 6) is 0. The summed E-state index contributed by atoms with van der Waals surface area (Å²) in [5.41, 5.74) is 1.99. The molecule has 0 fully saturated rings. The number of hydrogen-bond acceptors (Lipinski definition) is 2. The number of rotatable bonds is 1. The van der Waals surface area contributed by atoms with Gasteiger partial charge in [-0.05, 0) is 38.2 Å². The Morgan fingerprint density at radius 1 is 1.60 bits per heavy atom. The highest BCUT2D eigenvalue weighted by Crippen LogP contribution is 2.18. The Morgan fingerprint density at radius 3 is 2.90 bits per heavy atom. The molecule has 1 N–H and O–H groups in total. The first-order valence-corrected chi connectivity index (χ1v) is 3.72. The third kappa shape index (κ3) is 1.59. The maximum atomic E-state index is 8.43. The van der Waals surface area contributed by atoms with Crippen molar-refractivity contribution < 1.29 is 5.21 Å². The van der Waals surface area contributed by atoms with Crippen molar-refractivity contribution in [3.8, 4) is 0 Å². The van der Waals surface area contributed by atoms with Gasteiger partial charge in [0.05, 0.1) is 5.71 Å². The Morgan fingerprint density at radius 2 is 2.40 bits per heavy atom. The van der Waals surface area contributed by atoms with E-state index in [-0.39, 0.29) is 0 Å². The molecule has 0 bridgehead atoms. The fourth-order valence-electron chi connectivity index (χ4n) is 1.23. The average molecular weight is 139 g/mol. The summed E-state index contributed by atoms with van der Waals surface area (Å²) >= 11 is 0. The van der Waals surface area contributed by atoms with Crippen LogP contribution in [0.3, 0.4) is 0 Å². The van der Waals surface area contributed by atoms with Gasteiger partial charge in [0, 0.05) is 0 Å². The van der Waals surface area contributed by atoms with E-state index >= 15 is 0 Å². The van der Waals surface area contributed by atoms with Gasteiger partial charge in [-0.1, -0.05) is 11.2 Å². The quantitative estimate of drug-likeness (QED) is 0.337. The molecule has 0 saturated carbocycles. The minimum atomic E-state index is 0.778. The average Bonchev–Trinajstić information content (AvgIpc) is 2.05. The smallest absolute Gasteiger partial charge is 0.0793 e. The predicted molar refractivity (Wildman–Crippen MR) is 41.4 cm³/mol. The van der Waals surface area contributed by atoms with Crippen LogP contribution in [-0.2, 0) is 0 Å². The molecule has 0 aromatic carbocycles. The molecule has 0 atom stereocenters. The molecule has 10 heavy (non-hydrogen) atoms. The van der Waals surface area contributed by atoms with Crippen LogP contribution in [0.5, 0.6) is 0 Å². The largest absolute Gasteiger partial charge is 0.411 e. The minimum Gasteiger partial charge on any atom is -0.411 e. The van der Waals surface area contributed by atoms with Gasteiger partial charge in [-0.3, -0.25) is 0 Å². The summed E-state index contributed by atoms with van der Waals surface area (Å²) in [4.78, 5) is 0. The van der Waals surface area contributed by atoms with Crippen molar-refractivity contribution in [2.24, 2.45) is 5.16 Å². The van der Waals surface area contributed by atoms with Crippen molar-refractivity contribution in [1.29, 1.82) is 0 Å². The van der Waals surface area contributed by atoms with E-state index in [1.54, 1.807) is 0 Å². The summed E-state index contributed by atoms with van der Waals surface area (Å²) in [6, 6.07) is 0. The second-order valence-electron chi connectivity index (χ2n) is 2.66. The molecule has 0 radical (unpaired) electrons. The second-order valence-corrected chi connectivity index (χ2v) is 2.66. The molecule has 0 spiro atoms. The van der Waals surface area contributed by atoms with Crippen LogP contribution in [0.15, 0.2) is 16.8 Å². The topological polar surface area (TPSA) is 32.6 Å². The first-order chi connectivity index (χ1) is 4.84. The monoisotopic (exact) mass is 139 g/mol. The molecule has 0 aromatic heterocycles. The van der Waals surface area contributed by atoms with E-state index < -0.39 is 0 Å². The van der Waals surface area contributed by atoms with Crippen molar-refractivity contribution >= 4 is 5.71 Å². The Kier molecular flexibility index (Phi) is 2.49. The highest BCUT2D eigenvalue weighted by atomic mass is 16.4. The van der Waals surface area contributed by atoms with E-state index in [0.717, 1.165) is 18.6 Å². The maximum absolute atomic E-state index is 8.43. The Balaban J connectivity index is 2.62. The van der Waals surface area contributed by atoms with Crippen molar-refractivity contribution in [1.82, 2.24) is 0 Å². The van der Waals surface area contributed by atoms with Crippen LogP contribution in [0.25, 0.3) is 0 Å². The molecule has 1 rings (SSSR count). The lowest BCUT2D eigenvalue weighted by molar-refractivity contribution is 0.318. The van der Waals surface area contributed by atoms with Crippen molar-refractivity contribution in [2.75, 3.05) is 0 Å². The first kappa shape index (κ1) is 7.32. The van der Waals surface area contributed by atoms with Crippen LogP contribution in [0.4, 0.5) is 0 Å². The van der Waals surface area contributed by atoms with E-state index in [1.807, 2.05) is 6.92 Å². The standard InChI is InChI=1S/C8H13NO/c1-7(9-10)8-5-3-2-4-6-8/h5,10H,2-4,6H2,1H3/b9-7+. The summed E-state index contributed by atoms with van der Waals surface area (Å²) in [6.45, 7) is 1.84. The molecule has 1 aliphatic carbocycles. The SMILES string of the molecule is C/C(=N\O)C1=CCCCC1. The van der Waals surface area contributed by atoms with E-state index in [1.165, 1.54) is 18.4 Å². The van der Waals surface area contributed by atoms with E-state index in [0.29, 0.717) is 0 Å². The highest BCUT2D eigenvalue weighted by Gasteiger charge is 2.05. The van der Waals surface area contributed by atoms with Crippen LogP contribution in [-0.4, -0.2) is 10.9 Å². The Hall–Kier alpha value is -0.790. The molecule has 2 heteroatoms. The third-order valence-corrected chi connectivity index (χ3v) is 1.91. The molecule has 0 unspecified atom stereocenters. The van der Waals surface area contributed by atoms with Crippen LogP contribution in [0.1, 0.15) is 32.6 Å². The van der Waals surface area contributed by atoms with Gasteiger partial charge < -0.3 is 5.21 Å². The van der Waals surface area contributed by atoms with Gasteiger partial charge in [0.25, 0.3) is 0 Å². The number of nitrogens with zero attached hydrogens (tertiary/aromatic N) is 1. The van der Waals surface area contributed by atoms with Crippen LogP contribution >= 0.6 is 0 Å². The van der Waals surface area contributed by atoms with Crippen LogP contribution in [0.2, 0.25) is 0 Å². The molecule has 0 heterocycles. The summed E-state index contributed by atoms with van der Waals surface area (Å²) in [7, 11) is 0. The number of oxime groups is 1. The van der Waals surface area contributed by atoms with Crippen molar-refractivity contribution in [3.05, 3.63) is 11.6 Å². The van der Waals surface area contributed by atoms with Gasteiger partial charge in [-0.15, -0.1) is 0 Å². The number of hydrogen-bond donors (Lipinski definition) is 1. The second kappa shape index (κ2) is 3.40. The molecule has 0 aliphatic heterocycles. The zero-order chi connectivity index (χ0) is 7.40. The molecule has 0 saturated heterocycles. The lowest BCUT2D eigenvalue weighted by Gasteiger charge is -2.10. The van der Waals surface area contributed by atoms with Gasteiger partial charge in [0.2, 0.25) is 0 Å². The zero-order valence-corrected chi connectivity index (χ0v) is 6.30. The van der Waals surface area contributed by atoms with Gasteiger partial charge in [0.1, 0.15) is 0 Å². The summed E-state index contributed by atoms with van der Waals surface area (Å²) in [5, 5.41) is 11.6. The molecule has 2 nitrogen and oxygen atoms in total. The Bertz CT molecular complexity index is 170. The van der Waals surface area contributed by atoms with E-state index in [9.17, 15) is 0 Å². The van der Waals surface area contributed by atoms with E-state index in [2.05, 4.69) is 11.2 Å². The molecular weight excluding hydrogens is 126 g/mol. The van der Waals surface area contributed by atoms with Gasteiger partial charge >= 0.3 is 0 Å². The minimum absolute atomic E-state index is 0.778. The molecule has 0 aromatic rings. The van der Waals surface area contributed by atoms with Gasteiger partial charge in [0.15, 0.2) is 0 Å². The first-order valence-electron chi connectivity index (χ1n) is 3.72. The molecule has 56 valence electrons. The normalized spacial score (nSPS) is 20.5.